The number of nitrogens with one attached hydrogen (secondary N) is 1. The van der Waals surface area contributed by atoms with E-state index in [1.54, 1.807) is 27.7 Å². The molecule has 1 rings (SSSR count). The lowest BCUT2D eigenvalue weighted by atomic mass is 9.90. The van der Waals surface area contributed by atoms with Gasteiger partial charge in [0.1, 0.15) is 11.1 Å². The molecule has 0 aliphatic heterocycles. The van der Waals surface area contributed by atoms with Crippen LogP contribution in [0, 0.1) is 0 Å². The Bertz CT molecular complexity index is 397. The van der Waals surface area contributed by atoms with E-state index in [2.05, 4.69) is 37.2 Å². The third-order valence-electron chi connectivity index (χ3n) is 3.49. The maximum atomic E-state index is 12.5. The molecule has 0 heterocycles. The number of amides is 1. The first kappa shape index (κ1) is 19.7. The molecule has 0 aromatic heterocycles. The van der Waals surface area contributed by atoms with Gasteiger partial charge in [-0.05, 0) is 53.4 Å². The van der Waals surface area contributed by atoms with Crippen molar-refractivity contribution in [1.29, 1.82) is 0 Å². The fourth-order valence-electron chi connectivity index (χ4n) is 2.40. The Morgan fingerprint density at radius 2 is 1.68 bits per heavy atom. The van der Waals surface area contributed by atoms with Gasteiger partial charge in [0.2, 0.25) is 0 Å². The molecule has 1 aliphatic rings. The first-order valence-corrected chi connectivity index (χ1v) is 9.39. The van der Waals surface area contributed by atoms with Crippen molar-refractivity contribution in [3.8, 4) is 0 Å². The standard InChI is InChI=1S/C15H25Br2NO4/c1-5-21-12(19)15(18-13(20)22-14(2,3)4)8-6-10(16)11(17)7-9-15/h10-11H,5-9H2,1-4H3,(H,18,20)/t10-,11-/m1/s1. The minimum atomic E-state index is -1.02. The van der Waals surface area contributed by atoms with Crippen molar-refractivity contribution in [1.82, 2.24) is 5.32 Å². The Hall–Kier alpha value is -0.300. The van der Waals surface area contributed by atoms with Crippen LogP contribution in [0.5, 0.6) is 0 Å². The Morgan fingerprint density at radius 3 is 2.09 bits per heavy atom. The molecule has 0 unspecified atom stereocenters. The van der Waals surface area contributed by atoms with Crippen molar-refractivity contribution in [2.75, 3.05) is 6.61 Å². The lowest BCUT2D eigenvalue weighted by Gasteiger charge is -2.32. The molecule has 1 aliphatic carbocycles. The molecule has 0 saturated heterocycles. The number of hydrogen-bond acceptors (Lipinski definition) is 4. The highest BCUT2D eigenvalue weighted by Crippen LogP contribution is 2.35. The van der Waals surface area contributed by atoms with E-state index in [1.165, 1.54) is 0 Å². The van der Waals surface area contributed by atoms with Gasteiger partial charge in [0, 0.05) is 9.65 Å². The number of carbonyl (C=O) groups is 2. The average molecular weight is 443 g/mol. The molecule has 1 saturated carbocycles. The maximum Gasteiger partial charge on any atom is 0.408 e. The molecule has 0 radical (unpaired) electrons. The summed E-state index contributed by atoms with van der Waals surface area (Å²) in [7, 11) is 0. The molecule has 22 heavy (non-hydrogen) atoms. The van der Waals surface area contributed by atoms with Crippen LogP contribution in [-0.4, -0.2) is 39.5 Å². The quantitative estimate of drug-likeness (QED) is 0.408. The summed E-state index contributed by atoms with van der Waals surface area (Å²) in [6.07, 6.45) is 1.96. The number of alkyl carbamates (subject to hydrolysis) is 1. The summed E-state index contributed by atoms with van der Waals surface area (Å²) in [6.45, 7) is 7.42. The van der Waals surface area contributed by atoms with Crippen molar-refractivity contribution in [2.24, 2.45) is 0 Å². The zero-order valence-corrected chi connectivity index (χ0v) is 16.8. The van der Waals surface area contributed by atoms with E-state index in [0.717, 1.165) is 12.8 Å². The van der Waals surface area contributed by atoms with Crippen LogP contribution in [-0.2, 0) is 14.3 Å². The zero-order chi connectivity index (χ0) is 17.0. The zero-order valence-electron chi connectivity index (χ0n) is 13.6. The smallest absolute Gasteiger partial charge is 0.408 e. The van der Waals surface area contributed by atoms with Crippen LogP contribution in [0.3, 0.4) is 0 Å². The molecule has 5 nitrogen and oxygen atoms in total. The lowest BCUT2D eigenvalue weighted by molar-refractivity contribution is -0.151. The summed E-state index contributed by atoms with van der Waals surface area (Å²) in [4.78, 5) is 25.1. The van der Waals surface area contributed by atoms with E-state index in [0.29, 0.717) is 12.8 Å². The normalized spacial score (nSPS) is 25.0. The number of halogens is 2. The monoisotopic (exact) mass is 441 g/mol. The van der Waals surface area contributed by atoms with E-state index in [-0.39, 0.29) is 22.2 Å². The number of esters is 1. The fourth-order valence-corrected chi connectivity index (χ4v) is 3.39. The molecule has 1 fully saturated rings. The van der Waals surface area contributed by atoms with Gasteiger partial charge in [0.05, 0.1) is 6.61 Å². The van der Waals surface area contributed by atoms with Crippen molar-refractivity contribution >= 4 is 43.9 Å². The highest BCUT2D eigenvalue weighted by Gasteiger charge is 2.45. The highest BCUT2D eigenvalue weighted by molar-refractivity contribution is 9.12. The number of ether oxygens (including phenoxy) is 2. The van der Waals surface area contributed by atoms with Gasteiger partial charge >= 0.3 is 12.1 Å². The molecule has 0 spiro atoms. The van der Waals surface area contributed by atoms with Gasteiger partial charge in [-0.3, -0.25) is 0 Å². The van der Waals surface area contributed by atoms with Gasteiger partial charge in [0.25, 0.3) is 0 Å². The Morgan fingerprint density at radius 1 is 1.18 bits per heavy atom. The predicted molar refractivity (Wildman–Crippen MR) is 92.6 cm³/mol. The molecule has 0 aromatic rings. The molecule has 0 bridgehead atoms. The molecule has 1 N–H and O–H groups in total. The summed E-state index contributed by atoms with van der Waals surface area (Å²) in [5.41, 5.74) is -1.63. The second-order valence-corrected chi connectivity index (χ2v) is 8.89. The maximum absolute atomic E-state index is 12.5. The molecule has 1 amide bonds. The molecular formula is C15H25Br2NO4. The van der Waals surface area contributed by atoms with Gasteiger partial charge in [0.15, 0.2) is 0 Å². The average Bonchev–Trinajstić information content (AvgIpc) is 2.51. The topological polar surface area (TPSA) is 64.6 Å². The Kier molecular flexibility index (Phi) is 7.18. The first-order valence-electron chi connectivity index (χ1n) is 7.56. The van der Waals surface area contributed by atoms with Crippen LogP contribution >= 0.6 is 31.9 Å². The second kappa shape index (κ2) is 7.99. The number of alkyl halides is 2. The van der Waals surface area contributed by atoms with Gasteiger partial charge < -0.3 is 14.8 Å². The SMILES string of the molecule is CCOC(=O)C1(NC(=O)OC(C)(C)C)CC[C@@H](Br)[C@H](Br)CC1. The fraction of sp³-hybridized carbons (Fsp3) is 0.867. The minimum Gasteiger partial charge on any atom is -0.464 e. The van der Waals surface area contributed by atoms with Gasteiger partial charge in [-0.2, -0.15) is 0 Å². The van der Waals surface area contributed by atoms with E-state index in [9.17, 15) is 9.59 Å². The van der Waals surface area contributed by atoms with Crippen LogP contribution < -0.4 is 5.32 Å². The van der Waals surface area contributed by atoms with Crippen molar-refractivity contribution in [3.63, 3.8) is 0 Å². The van der Waals surface area contributed by atoms with Crippen LogP contribution in [0.1, 0.15) is 53.4 Å². The van der Waals surface area contributed by atoms with Crippen molar-refractivity contribution < 1.29 is 19.1 Å². The van der Waals surface area contributed by atoms with Crippen LogP contribution in [0.4, 0.5) is 4.79 Å². The minimum absolute atomic E-state index is 0.254. The van der Waals surface area contributed by atoms with Crippen LogP contribution in [0.2, 0.25) is 0 Å². The predicted octanol–water partition coefficient (Wildman–Crippen LogP) is 3.91. The summed E-state index contributed by atoms with van der Waals surface area (Å²) < 4.78 is 10.5. The summed E-state index contributed by atoms with van der Waals surface area (Å²) >= 11 is 7.23. The van der Waals surface area contributed by atoms with E-state index in [1.807, 2.05) is 0 Å². The van der Waals surface area contributed by atoms with Crippen molar-refractivity contribution in [3.05, 3.63) is 0 Å². The molecule has 2 atom stereocenters. The number of carbonyl (C=O) groups excluding carboxylic acids is 2. The molecule has 128 valence electrons. The highest BCUT2D eigenvalue weighted by atomic mass is 79.9. The Balaban J connectivity index is 2.92. The summed E-state index contributed by atoms with van der Waals surface area (Å²) in [5, 5.41) is 2.78. The largest absolute Gasteiger partial charge is 0.464 e. The molecule has 0 aromatic carbocycles. The Labute approximate surface area is 149 Å². The van der Waals surface area contributed by atoms with E-state index >= 15 is 0 Å². The lowest BCUT2D eigenvalue weighted by Crippen LogP contribution is -2.56. The summed E-state index contributed by atoms with van der Waals surface area (Å²) in [5.74, 6) is -0.387. The molecular weight excluding hydrogens is 418 g/mol. The van der Waals surface area contributed by atoms with Crippen LogP contribution in [0.15, 0.2) is 0 Å². The van der Waals surface area contributed by atoms with Gasteiger partial charge in [-0.25, -0.2) is 9.59 Å². The van der Waals surface area contributed by atoms with Gasteiger partial charge in [-0.1, -0.05) is 31.9 Å². The van der Waals surface area contributed by atoms with Gasteiger partial charge in [-0.15, -0.1) is 0 Å². The van der Waals surface area contributed by atoms with Crippen LogP contribution in [0.25, 0.3) is 0 Å². The third kappa shape index (κ3) is 5.72. The third-order valence-corrected chi connectivity index (χ3v) is 6.39. The van der Waals surface area contributed by atoms with Crippen molar-refractivity contribution in [2.45, 2.75) is 74.2 Å². The van der Waals surface area contributed by atoms with E-state index in [4.69, 9.17) is 9.47 Å². The number of hydrogen-bond donors (Lipinski definition) is 1. The second-order valence-electron chi connectivity index (χ2n) is 6.54. The number of rotatable bonds is 3. The first-order chi connectivity index (χ1) is 10.1. The van der Waals surface area contributed by atoms with E-state index < -0.39 is 17.2 Å². The molecule has 7 heteroatoms. The summed E-state index contributed by atoms with van der Waals surface area (Å²) in [6, 6.07) is 0.